The zero-order valence-electron chi connectivity index (χ0n) is 13.6. The van der Waals surface area contributed by atoms with Crippen LogP contribution in [0.4, 0.5) is 17.3 Å². The number of ether oxygens (including phenoxy) is 1. The highest BCUT2D eigenvalue weighted by Gasteiger charge is 2.21. The second-order valence-electron chi connectivity index (χ2n) is 5.78. The highest BCUT2D eigenvalue weighted by atomic mass is 16.5. The van der Waals surface area contributed by atoms with Crippen molar-refractivity contribution in [2.24, 2.45) is 0 Å². The van der Waals surface area contributed by atoms with E-state index in [2.05, 4.69) is 32.0 Å². The highest BCUT2D eigenvalue weighted by molar-refractivity contribution is 5.70. The van der Waals surface area contributed by atoms with Crippen LogP contribution in [0.3, 0.4) is 0 Å². The van der Waals surface area contributed by atoms with Gasteiger partial charge in [0.25, 0.3) is 0 Å². The Morgan fingerprint density at radius 3 is 2.38 bits per heavy atom. The molecule has 24 heavy (non-hydrogen) atoms. The zero-order chi connectivity index (χ0) is 16.5. The molecule has 3 heterocycles. The summed E-state index contributed by atoms with van der Waals surface area (Å²) in [5.41, 5.74) is 8.76. The Morgan fingerprint density at radius 1 is 0.958 bits per heavy atom. The number of hydrogen-bond acceptors (Lipinski definition) is 6. The van der Waals surface area contributed by atoms with Crippen molar-refractivity contribution < 1.29 is 4.74 Å². The molecule has 0 saturated carbocycles. The van der Waals surface area contributed by atoms with Crippen LogP contribution in [0.2, 0.25) is 0 Å². The molecule has 0 radical (unpaired) electrons. The Kier molecular flexibility index (Phi) is 3.60. The van der Waals surface area contributed by atoms with Crippen LogP contribution in [0.15, 0.2) is 42.6 Å². The number of nitrogen functional groups attached to an aromatic ring is 1. The van der Waals surface area contributed by atoms with E-state index in [1.165, 1.54) is 0 Å². The van der Waals surface area contributed by atoms with E-state index in [1.54, 1.807) is 11.6 Å². The summed E-state index contributed by atoms with van der Waals surface area (Å²) in [4.78, 5) is 9.03. The van der Waals surface area contributed by atoms with Gasteiger partial charge in [-0.25, -0.2) is 4.52 Å². The summed E-state index contributed by atoms with van der Waals surface area (Å²) in [5, 5.41) is 4.18. The molecule has 2 aromatic heterocycles. The van der Waals surface area contributed by atoms with Crippen molar-refractivity contribution in [3.8, 4) is 5.75 Å². The number of rotatable bonds is 3. The summed E-state index contributed by atoms with van der Waals surface area (Å²) in [6.07, 6.45) is 1.87. The van der Waals surface area contributed by atoms with Crippen molar-refractivity contribution in [2.75, 3.05) is 48.8 Å². The minimum atomic E-state index is 0.301. The summed E-state index contributed by atoms with van der Waals surface area (Å²) in [6.45, 7) is 3.66. The molecule has 0 unspecified atom stereocenters. The van der Waals surface area contributed by atoms with Gasteiger partial charge in [0.2, 0.25) is 5.95 Å². The molecule has 0 spiro atoms. The quantitative estimate of drug-likeness (QED) is 0.790. The molecular weight excluding hydrogens is 304 g/mol. The average Bonchev–Trinajstić information content (AvgIpc) is 3.02. The molecule has 4 rings (SSSR count). The van der Waals surface area contributed by atoms with Crippen LogP contribution in [0.5, 0.6) is 5.75 Å². The number of methoxy groups -OCH3 is 1. The fraction of sp³-hybridized carbons (Fsp3) is 0.294. The maximum atomic E-state index is 5.74. The molecule has 124 valence electrons. The first-order valence-corrected chi connectivity index (χ1v) is 8.00. The number of hydrogen-bond donors (Lipinski definition) is 1. The summed E-state index contributed by atoms with van der Waals surface area (Å²) in [7, 11) is 1.71. The molecular formula is C17H20N6O. The molecule has 3 aromatic rings. The molecule has 0 bridgehead atoms. The van der Waals surface area contributed by atoms with Crippen LogP contribution in [0.25, 0.3) is 5.65 Å². The van der Waals surface area contributed by atoms with Gasteiger partial charge in [-0.05, 0) is 24.3 Å². The second kappa shape index (κ2) is 5.92. The molecule has 7 nitrogen and oxygen atoms in total. The maximum Gasteiger partial charge on any atom is 0.240 e. The number of fused-ring (bicyclic) bond motifs is 1. The Hall–Kier alpha value is -2.96. The van der Waals surface area contributed by atoms with E-state index in [-0.39, 0.29) is 0 Å². The van der Waals surface area contributed by atoms with E-state index < -0.39 is 0 Å². The van der Waals surface area contributed by atoms with Gasteiger partial charge in [0.1, 0.15) is 5.75 Å². The van der Waals surface area contributed by atoms with Crippen LogP contribution >= 0.6 is 0 Å². The molecule has 1 saturated heterocycles. The first-order valence-electron chi connectivity index (χ1n) is 8.00. The van der Waals surface area contributed by atoms with Gasteiger partial charge in [-0.3, -0.25) is 0 Å². The molecule has 2 N–H and O–H groups in total. The van der Waals surface area contributed by atoms with E-state index in [4.69, 9.17) is 10.5 Å². The lowest BCUT2D eigenvalue weighted by Gasteiger charge is -2.37. The SMILES string of the molecule is COc1ccccc1N1CCN(c2cccn3nc(N)nc23)CC1. The predicted molar refractivity (Wildman–Crippen MR) is 94.8 cm³/mol. The van der Waals surface area contributed by atoms with Crippen LogP contribution in [-0.2, 0) is 0 Å². The van der Waals surface area contributed by atoms with Gasteiger partial charge in [0, 0.05) is 32.4 Å². The summed E-state index contributed by atoms with van der Waals surface area (Å²) >= 11 is 0. The molecule has 0 aliphatic carbocycles. The normalized spacial score (nSPS) is 15.0. The van der Waals surface area contributed by atoms with Gasteiger partial charge in [-0.15, -0.1) is 5.10 Å². The number of anilines is 3. The Balaban J connectivity index is 1.55. The van der Waals surface area contributed by atoms with Gasteiger partial charge in [0.15, 0.2) is 5.65 Å². The van der Waals surface area contributed by atoms with Crippen molar-refractivity contribution in [3.05, 3.63) is 42.6 Å². The lowest BCUT2D eigenvalue weighted by atomic mass is 10.2. The molecule has 1 aliphatic heterocycles. The second-order valence-corrected chi connectivity index (χ2v) is 5.78. The van der Waals surface area contributed by atoms with E-state index in [0.29, 0.717) is 5.95 Å². The molecule has 7 heteroatoms. The minimum Gasteiger partial charge on any atom is -0.495 e. The predicted octanol–water partition coefficient (Wildman–Crippen LogP) is 1.65. The Labute approximate surface area is 140 Å². The smallest absolute Gasteiger partial charge is 0.240 e. The molecule has 0 atom stereocenters. The molecule has 0 amide bonds. The van der Waals surface area contributed by atoms with Crippen LogP contribution in [0.1, 0.15) is 0 Å². The maximum absolute atomic E-state index is 5.74. The molecule has 1 fully saturated rings. The van der Waals surface area contributed by atoms with Crippen molar-refractivity contribution in [3.63, 3.8) is 0 Å². The topological polar surface area (TPSA) is 71.9 Å². The van der Waals surface area contributed by atoms with E-state index in [1.807, 2.05) is 30.5 Å². The number of pyridine rings is 1. The third-order valence-corrected chi connectivity index (χ3v) is 4.40. The number of nitrogens with two attached hydrogens (primary N) is 1. The van der Waals surface area contributed by atoms with Crippen LogP contribution in [0, 0.1) is 0 Å². The Bertz CT molecular complexity index is 853. The van der Waals surface area contributed by atoms with Crippen LogP contribution in [-0.4, -0.2) is 47.9 Å². The van der Waals surface area contributed by atoms with Crippen molar-refractivity contribution in [1.29, 1.82) is 0 Å². The fourth-order valence-electron chi connectivity index (χ4n) is 3.23. The highest BCUT2D eigenvalue weighted by Crippen LogP contribution is 2.29. The van der Waals surface area contributed by atoms with E-state index in [0.717, 1.165) is 49.0 Å². The first-order chi connectivity index (χ1) is 11.8. The largest absolute Gasteiger partial charge is 0.495 e. The van der Waals surface area contributed by atoms with Crippen molar-refractivity contribution in [2.45, 2.75) is 0 Å². The first kappa shape index (κ1) is 14.6. The van der Waals surface area contributed by atoms with Crippen molar-refractivity contribution >= 4 is 23.0 Å². The number of piperazine rings is 1. The lowest BCUT2D eigenvalue weighted by molar-refractivity contribution is 0.413. The minimum absolute atomic E-state index is 0.301. The summed E-state index contributed by atoms with van der Waals surface area (Å²) in [6, 6.07) is 12.2. The van der Waals surface area contributed by atoms with Gasteiger partial charge in [-0.2, -0.15) is 4.98 Å². The monoisotopic (exact) mass is 324 g/mol. The standard InChI is InChI=1S/C17H20N6O/c1-24-15-7-3-2-5-13(15)21-9-11-22(12-10-21)14-6-4-8-23-16(14)19-17(18)20-23/h2-8H,9-12H2,1H3,(H2,18,20). The average molecular weight is 324 g/mol. The number of benzene rings is 1. The van der Waals surface area contributed by atoms with Crippen molar-refractivity contribution in [1.82, 2.24) is 14.6 Å². The summed E-state index contributed by atoms with van der Waals surface area (Å²) in [5.74, 6) is 1.22. The molecule has 1 aromatic carbocycles. The third-order valence-electron chi connectivity index (χ3n) is 4.40. The Morgan fingerprint density at radius 2 is 1.62 bits per heavy atom. The zero-order valence-corrected chi connectivity index (χ0v) is 13.6. The summed E-state index contributed by atoms with van der Waals surface area (Å²) < 4.78 is 7.21. The number of nitrogens with zero attached hydrogens (tertiary/aromatic N) is 5. The lowest BCUT2D eigenvalue weighted by Crippen LogP contribution is -2.46. The van der Waals surface area contributed by atoms with Crippen LogP contribution < -0.4 is 20.3 Å². The van der Waals surface area contributed by atoms with Gasteiger partial charge < -0.3 is 20.3 Å². The molecule has 1 aliphatic rings. The van der Waals surface area contributed by atoms with Gasteiger partial charge in [0.05, 0.1) is 18.5 Å². The van der Waals surface area contributed by atoms with Gasteiger partial charge in [-0.1, -0.05) is 12.1 Å². The third kappa shape index (κ3) is 2.47. The van der Waals surface area contributed by atoms with Gasteiger partial charge >= 0.3 is 0 Å². The number of aromatic nitrogens is 3. The van der Waals surface area contributed by atoms with E-state index in [9.17, 15) is 0 Å². The fourth-order valence-corrected chi connectivity index (χ4v) is 3.23. The number of para-hydroxylation sites is 2. The van der Waals surface area contributed by atoms with E-state index >= 15 is 0 Å².